The van der Waals surface area contributed by atoms with E-state index in [1.807, 2.05) is 49.4 Å². The van der Waals surface area contributed by atoms with Gasteiger partial charge in [-0.25, -0.2) is 4.98 Å². The number of methoxy groups -OCH3 is 1. The molecule has 1 heterocycles. The number of amides is 1. The summed E-state index contributed by atoms with van der Waals surface area (Å²) in [6, 6.07) is 19.5. The summed E-state index contributed by atoms with van der Waals surface area (Å²) in [5.74, 6) is 1.40. The van der Waals surface area contributed by atoms with Crippen molar-refractivity contribution in [2.45, 2.75) is 20.0 Å². The van der Waals surface area contributed by atoms with Crippen LogP contribution < -0.4 is 15.4 Å². The number of rotatable bonds is 7. The Kier molecular flexibility index (Phi) is 6.05. The van der Waals surface area contributed by atoms with Crippen molar-refractivity contribution in [3.05, 3.63) is 89.1 Å². The fourth-order valence-corrected chi connectivity index (χ4v) is 2.77. The van der Waals surface area contributed by atoms with E-state index in [1.165, 1.54) is 5.56 Å². The van der Waals surface area contributed by atoms with Gasteiger partial charge in [0.15, 0.2) is 0 Å². The van der Waals surface area contributed by atoms with Gasteiger partial charge >= 0.3 is 0 Å². The monoisotopic (exact) mass is 361 g/mol. The Morgan fingerprint density at radius 1 is 1.04 bits per heavy atom. The summed E-state index contributed by atoms with van der Waals surface area (Å²) in [5, 5.41) is 6.16. The zero-order chi connectivity index (χ0) is 19.1. The number of carbonyl (C=O) groups is 1. The summed E-state index contributed by atoms with van der Waals surface area (Å²) in [5.41, 5.74) is 3.83. The van der Waals surface area contributed by atoms with Gasteiger partial charge in [0, 0.05) is 24.8 Å². The summed E-state index contributed by atoms with van der Waals surface area (Å²) < 4.78 is 5.34. The smallest absolute Gasteiger partial charge is 0.253 e. The van der Waals surface area contributed by atoms with E-state index in [2.05, 4.69) is 21.7 Å². The van der Waals surface area contributed by atoms with Crippen molar-refractivity contribution in [3.63, 3.8) is 0 Å². The molecule has 0 aliphatic rings. The highest BCUT2D eigenvalue weighted by atomic mass is 16.5. The first-order valence-electron chi connectivity index (χ1n) is 8.81. The van der Waals surface area contributed by atoms with E-state index in [9.17, 15) is 4.79 Å². The lowest BCUT2D eigenvalue weighted by Gasteiger charge is -2.10. The number of anilines is 1. The van der Waals surface area contributed by atoms with Crippen LogP contribution in [-0.2, 0) is 13.1 Å². The van der Waals surface area contributed by atoms with E-state index in [0.29, 0.717) is 24.5 Å². The molecule has 0 spiro atoms. The number of hydrogen-bond donors (Lipinski definition) is 2. The van der Waals surface area contributed by atoms with Crippen LogP contribution in [-0.4, -0.2) is 18.0 Å². The van der Waals surface area contributed by atoms with Gasteiger partial charge in [-0.3, -0.25) is 4.79 Å². The molecule has 3 aromatic rings. The molecule has 2 aromatic carbocycles. The van der Waals surface area contributed by atoms with Gasteiger partial charge in [-0.1, -0.05) is 48.0 Å². The molecular formula is C22H23N3O2. The van der Waals surface area contributed by atoms with Gasteiger partial charge in [0.1, 0.15) is 11.6 Å². The van der Waals surface area contributed by atoms with Crippen molar-refractivity contribution < 1.29 is 9.53 Å². The fourth-order valence-electron chi connectivity index (χ4n) is 2.77. The van der Waals surface area contributed by atoms with E-state index in [1.54, 1.807) is 25.4 Å². The number of carbonyl (C=O) groups excluding carboxylic acids is 1. The fraction of sp³-hybridized carbons (Fsp3) is 0.182. The lowest BCUT2D eigenvalue weighted by atomic mass is 10.1. The second-order valence-electron chi connectivity index (χ2n) is 6.27. The Labute approximate surface area is 159 Å². The maximum Gasteiger partial charge on any atom is 0.253 e. The summed E-state index contributed by atoms with van der Waals surface area (Å²) in [4.78, 5) is 16.6. The molecular weight excluding hydrogens is 338 g/mol. The van der Waals surface area contributed by atoms with Crippen LogP contribution in [0.25, 0.3) is 0 Å². The van der Waals surface area contributed by atoms with Gasteiger partial charge in [-0.2, -0.15) is 0 Å². The van der Waals surface area contributed by atoms with Crippen LogP contribution in [0.2, 0.25) is 0 Å². The van der Waals surface area contributed by atoms with E-state index < -0.39 is 0 Å². The number of aryl methyl sites for hydroxylation is 1. The normalized spacial score (nSPS) is 10.3. The predicted molar refractivity (Wildman–Crippen MR) is 107 cm³/mol. The maximum atomic E-state index is 12.3. The molecule has 0 atom stereocenters. The molecule has 0 unspecified atom stereocenters. The summed E-state index contributed by atoms with van der Waals surface area (Å²) in [6.07, 6.45) is 1.58. The third-order valence-electron chi connectivity index (χ3n) is 4.21. The Bertz CT molecular complexity index is 907. The van der Waals surface area contributed by atoms with Crippen molar-refractivity contribution in [1.82, 2.24) is 10.3 Å². The number of ether oxygens (including phenoxy) is 1. The highest BCUT2D eigenvalue weighted by molar-refractivity contribution is 5.94. The minimum Gasteiger partial charge on any atom is -0.496 e. The van der Waals surface area contributed by atoms with Gasteiger partial charge in [0.2, 0.25) is 0 Å². The van der Waals surface area contributed by atoms with Gasteiger partial charge < -0.3 is 15.4 Å². The first-order chi connectivity index (χ1) is 13.2. The van der Waals surface area contributed by atoms with Crippen LogP contribution in [0.4, 0.5) is 5.82 Å². The highest BCUT2D eigenvalue weighted by Crippen LogP contribution is 2.18. The van der Waals surface area contributed by atoms with E-state index in [-0.39, 0.29) is 5.91 Å². The molecule has 0 aliphatic heterocycles. The number of nitrogens with zero attached hydrogens (tertiary/aromatic N) is 1. The zero-order valence-corrected chi connectivity index (χ0v) is 15.5. The molecule has 0 saturated carbocycles. The second kappa shape index (κ2) is 8.85. The van der Waals surface area contributed by atoms with Crippen molar-refractivity contribution in [2.24, 2.45) is 0 Å². The minimum absolute atomic E-state index is 0.139. The first-order valence-corrected chi connectivity index (χ1v) is 8.81. The molecule has 27 heavy (non-hydrogen) atoms. The Morgan fingerprint density at radius 3 is 2.63 bits per heavy atom. The lowest BCUT2D eigenvalue weighted by molar-refractivity contribution is 0.0950. The minimum atomic E-state index is -0.139. The van der Waals surface area contributed by atoms with Gasteiger partial charge in [0.25, 0.3) is 5.91 Å². The molecule has 138 valence electrons. The number of para-hydroxylation sites is 1. The number of hydrogen-bond acceptors (Lipinski definition) is 4. The van der Waals surface area contributed by atoms with Crippen LogP contribution in [0, 0.1) is 6.92 Å². The Balaban J connectivity index is 1.55. The molecule has 5 nitrogen and oxygen atoms in total. The van der Waals surface area contributed by atoms with Crippen molar-refractivity contribution >= 4 is 11.7 Å². The molecule has 0 bridgehead atoms. The highest BCUT2D eigenvalue weighted by Gasteiger charge is 2.07. The lowest BCUT2D eigenvalue weighted by Crippen LogP contribution is -2.23. The molecule has 0 aliphatic carbocycles. The molecule has 0 radical (unpaired) electrons. The summed E-state index contributed by atoms with van der Waals surface area (Å²) in [7, 11) is 1.65. The summed E-state index contributed by atoms with van der Waals surface area (Å²) in [6.45, 7) is 3.12. The average Bonchev–Trinajstić information content (AvgIpc) is 2.71. The van der Waals surface area contributed by atoms with Crippen LogP contribution in [0.1, 0.15) is 27.0 Å². The largest absolute Gasteiger partial charge is 0.496 e. The topological polar surface area (TPSA) is 63.2 Å². The van der Waals surface area contributed by atoms with Crippen molar-refractivity contribution in [2.75, 3.05) is 12.4 Å². The first kappa shape index (κ1) is 18.5. The van der Waals surface area contributed by atoms with E-state index in [0.717, 1.165) is 16.9 Å². The molecule has 5 heteroatoms. The third-order valence-corrected chi connectivity index (χ3v) is 4.21. The molecule has 2 N–H and O–H groups in total. The second-order valence-corrected chi connectivity index (χ2v) is 6.27. The predicted octanol–water partition coefficient (Wildman–Crippen LogP) is 3.94. The van der Waals surface area contributed by atoms with E-state index >= 15 is 0 Å². The van der Waals surface area contributed by atoms with Crippen LogP contribution in [0.15, 0.2) is 66.9 Å². The third kappa shape index (κ3) is 5.07. The quantitative estimate of drug-likeness (QED) is 0.669. The van der Waals surface area contributed by atoms with Crippen LogP contribution in [0.3, 0.4) is 0 Å². The number of nitrogens with one attached hydrogen (secondary N) is 2. The van der Waals surface area contributed by atoms with Gasteiger partial charge in [0.05, 0.1) is 12.7 Å². The van der Waals surface area contributed by atoms with Crippen LogP contribution in [0.5, 0.6) is 5.75 Å². The standard InChI is InChI=1S/C22H23N3O2/c1-16-6-5-7-17(12-16)13-25-22(26)19-10-11-21(24-15-19)23-14-18-8-3-4-9-20(18)27-2/h3-12,15H,13-14H2,1-2H3,(H,23,24)(H,25,26). The van der Waals surface area contributed by atoms with Crippen molar-refractivity contribution in [3.8, 4) is 5.75 Å². The number of pyridine rings is 1. The molecule has 1 aromatic heterocycles. The number of aromatic nitrogens is 1. The average molecular weight is 361 g/mol. The van der Waals surface area contributed by atoms with Crippen molar-refractivity contribution in [1.29, 1.82) is 0 Å². The zero-order valence-electron chi connectivity index (χ0n) is 15.5. The van der Waals surface area contributed by atoms with Gasteiger partial charge in [-0.05, 0) is 30.7 Å². The Morgan fingerprint density at radius 2 is 1.89 bits per heavy atom. The Hall–Kier alpha value is -3.34. The van der Waals surface area contributed by atoms with E-state index in [4.69, 9.17) is 4.74 Å². The molecule has 1 amide bonds. The molecule has 3 rings (SSSR count). The summed E-state index contributed by atoms with van der Waals surface area (Å²) >= 11 is 0. The van der Waals surface area contributed by atoms with Gasteiger partial charge in [-0.15, -0.1) is 0 Å². The molecule has 0 fully saturated rings. The SMILES string of the molecule is COc1ccccc1CNc1ccc(C(=O)NCc2cccc(C)c2)cn1. The number of benzene rings is 2. The van der Waals surface area contributed by atoms with Crippen LogP contribution >= 0.6 is 0 Å². The maximum absolute atomic E-state index is 12.3. The molecule has 0 saturated heterocycles.